The first-order chi connectivity index (χ1) is 7.88. The molecule has 6 heteroatoms. The molecular weight excluding hydrogens is 254 g/mol. The molecule has 94 valence electrons. The van der Waals surface area contributed by atoms with Crippen LogP contribution in [0.2, 0.25) is 0 Å². The zero-order chi connectivity index (χ0) is 13.0. The van der Waals surface area contributed by atoms with E-state index in [0.717, 1.165) is 11.3 Å². The Kier molecular flexibility index (Phi) is 5.02. The van der Waals surface area contributed by atoms with Gasteiger partial charge < -0.3 is 11.1 Å². The van der Waals surface area contributed by atoms with Crippen molar-refractivity contribution in [2.75, 3.05) is 17.3 Å². The third kappa shape index (κ3) is 4.79. The number of nitrogens with two attached hydrogens (primary N) is 1. The summed E-state index contributed by atoms with van der Waals surface area (Å²) in [5.74, 6) is 1.30. The molecule has 0 amide bonds. The van der Waals surface area contributed by atoms with E-state index in [4.69, 9.17) is 18.0 Å². The van der Waals surface area contributed by atoms with Crippen LogP contribution in [0.1, 0.15) is 18.2 Å². The number of anilines is 1. The van der Waals surface area contributed by atoms with Gasteiger partial charge in [-0.2, -0.15) is 0 Å². The van der Waals surface area contributed by atoms with Gasteiger partial charge in [-0.1, -0.05) is 12.2 Å². The van der Waals surface area contributed by atoms with Crippen molar-refractivity contribution >= 4 is 33.8 Å². The minimum absolute atomic E-state index is 0.0920. The van der Waals surface area contributed by atoms with Crippen molar-refractivity contribution in [2.45, 2.75) is 19.9 Å². The van der Waals surface area contributed by atoms with Gasteiger partial charge in [-0.3, -0.25) is 4.21 Å². The van der Waals surface area contributed by atoms with Crippen LogP contribution in [0, 0.1) is 6.92 Å². The summed E-state index contributed by atoms with van der Waals surface area (Å²) in [6.07, 6.45) is 1.68. The summed E-state index contributed by atoms with van der Waals surface area (Å²) in [6.45, 7) is 3.85. The fourth-order valence-corrected chi connectivity index (χ4v) is 2.44. The Bertz CT molecular complexity index is 448. The summed E-state index contributed by atoms with van der Waals surface area (Å²) >= 11 is 4.94. The van der Waals surface area contributed by atoms with E-state index in [2.05, 4.69) is 10.3 Å². The SMILES string of the molecule is Cc1cc(C(N)=S)cc(NC(C)CS(C)=O)n1. The van der Waals surface area contributed by atoms with Crippen LogP contribution in [0.15, 0.2) is 12.1 Å². The first-order valence-corrected chi connectivity index (χ1v) is 7.37. The molecule has 0 aromatic carbocycles. The molecule has 2 atom stereocenters. The Labute approximate surface area is 109 Å². The van der Waals surface area contributed by atoms with Crippen molar-refractivity contribution in [1.82, 2.24) is 4.98 Å². The van der Waals surface area contributed by atoms with Crippen molar-refractivity contribution in [3.05, 3.63) is 23.4 Å². The molecule has 1 rings (SSSR count). The van der Waals surface area contributed by atoms with Crippen LogP contribution in [0.4, 0.5) is 5.82 Å². The van der Waals surface area contributed by atoms with Crippen LogP contribution >= 0.6 is 12.2 Å². The minimum atomic E-state index is -0.830. The largest absolute Gasteiger partial charge is 0.389 e. The average molecular weight is 271 g/mol. The lowest BCUT2D eigenvalue weighted by atomic mass is 10.2. The van der Waals surface area contributed by atoms with E-state index >= 15 is 0 Å². The number of nitrogens with one attached hydrogen (secondary N) is 1. The van der Waals surface area contributed by atoms with Gasteiger partial charge in [-0.15, -0.1) is 0 Å². The minimum Gasteiger partial charge on any atom is -0.389 e. The van der Waals surface area contributed by atoms with Crippen molar-refractivity contribution in [3.63, 3.8) is 0 Å². The lowest BCUT2D eigenvalue weighted by molar-refractivity contribution is 0.683. The molecule has 1 aromatic rings. The Morgan fingerprint density at radius 2 is 2.29 bits per heavy atom. The smallest absolute Gasteiger partial charge is 0.127 e. The molecule has 0 aliphatic carbocycles. The number of rotatable bonds is 5. The lowest BCUT2D eigenvalue weighted by Crippen LogP contribution is -2.23. The quantitative estimate of drug-likeness (QED) is 0.788. The molecule has 1 heterocycles. The number of pyridine rings is 1. The van der Waals surface area contributed by atoms with Gasteiger partial charge in [0, 0.05) is 40.1 Å². The first kappa shape index (κ1) is 14.1. The molecule has 0 saturated heterocycles. The average Bonchev–Trinajstić information content (AvgIpc) is 2.14. The number of nitrogens with zero attached hydrogens (tertiary/aromatic N) is 1. The molecule has 3 N–H and O–H groups in total. The molecule has 0 spiro atoms. The van der Waals surface area contributed by atoms with Gasteiger partial charge in [0.05, 0.1) is 0 Å². The predicted molar refractivity (Wildman–Crippen MR) is 76.9 cm³/mol. The second-order valence-corrected chi connectivity index (χ2v) is 5.95. The van der Waals surface area contributed by atoms with Gasteiger partial charge in [0.2, 0.25) is 0 Å². The molecular formula is C11H17N3OS2. The summed E-state index contributed by atoms with van der Waals surface area (Å²) in [6, 6.07) is 3.75. The van der Waals surface area contributed by atoms with E-state index in [9.17, 15) is 4.21 Å². The normalized spacial score (nSPS) is 14.1. The molecule has 0 fully saturated rings. The lowest BCUT2D eigenvalue weighted by Gasteiger charge is -2.14. The van der Waals surface area contributed by atoms with Crippen molar-refractivity contribution in [1.29, 1.82) is 0 Å². The Morgan fingerprint density at radius 1 is 1.65 bits per heavy atom. The van der Waals surface area contributed by atoms with Gasteiger partial charge in [0.25, 0.3) is 0 Å². The molecule has 2 unspecified atom stereocenters. The summed E-state index contributed by atoms with van der Waals surface area (Å²) in [5.41, 5.74) is 7.23. The van der Waals surface area contributed by atoms with Crippen molar-refractivity contribution < 1.29 is 4.21 Å². The van der Waals surface area contributed by atoms with Gasteiger partial charge in [0.1, 0.15) is 10.8 Å². The van der Waals surface area contributed by atoms with E-state index < -0.39 is 10.8 Å². The highest BCUT2D eigenvalue weighted by molar-refractivity contribution is 7.84. The fraction of sp³-hybridized carbons (Fsp3) is 0.455. The van der Waals surface area contributed by atoms with Crippen molar-refractivity contribution in [2.24, 2.45) is 5.73 Å². The fourth-order valence-electron chi connectivity index (χ4n) is 1.53. The Hall–Kier alpha value is -1.01. The summed E-state index contributed by atoms with van der Waals surface area (Å²) < 4.78 is 11.1. The molecule has 4 nitrogen and oxygen atoms in total. The van der Waals surface area contributed by atoms with E-state index in [1.54, 1.807) is 6.26 Å². The summed E-state index contributed by atoms with van der Waals surface area (Å²) in [5, 5.41) is 3.19. The van der Waals surface area contributed by atoms with E-state index in [0.29, 0.717) is 16.6 Å². The standard InChI is InChI=1S/C11H17N3OS2/c1-7-4-9(11(12)16)5-10(13-7)14-8(2)6-17(3)15/h4-5,8H,6H2,1-3H3,(H2,12,16)(H,13,14). The third-order valence-corrected chi connectivity index (χ3v) is 3.32. The summed E-state index contributed by atoms with van der Waals surface area (Å²) in [4.78, 5) is 4.69. The Morgan fingerprint density at radius 3 is 2.82 bits per heavy atom. The molecule has 0 radical (unpaired) electrons. The van der Waals surface area contributed by atoms with E-state index in [1.807, 2.05) is 26.0 Å². The maximum Gasteiger partial charge on any atom is 0.127 e. The number of thiocarbonyl (C=S) groups is 1. The van der Waals surface area contributed by atoms with Crippen LogP contribution in [0.25, 0.3) is 0 Å². The highest BCUT2D eigenvalue weighted by Crippen LogP contribution is 2.11. The number of aryl methyl sites for hydroxylation is 1. The molecule has 0 bridgehead atoms. The van der Waals surface area contributed by atoms with Crippen LogP contribution < -0.4 is 11.1 Å². The third-order valence-electron chi connectivity index (χ3n) is 2.12. The van der Waals surface area contributed by atoms with Gasteiger partial charge >= 0.3 is 0 Å². The topological polar surface area (TPSA) is 68.0 Å². The van der Waals surface area contributed by atoms with Gasteiger partial charge in [0.15, 0.2) is 0 Å². The maximum absolute atomic E-state index is 11.1. The maximum atomic E-state index is 11.1. The highest BCUT2D eigenvalue weighted by Gasteiger charge is 2.07. The van der Waals surface area contributed by atoms with Crippen molar-refractivity contribution in [3.8, 4) is 0 Å². The summed E-state index contributed by atoms with van der Waals surface area (Å²) in [7, 11) is -0.830. The Balaban J connectivity index is 2.84. The van der Waals surface area contributed by atoms with Crippen LogP contribution in [-0.2, 0) is 10.8 Å². The first-order valence-electron chi connectivity index (χ1n) is 5.23. The molecule has 1 aromatic heterocycles. The molecule has 0 aliphatic rings. The predicted octanol–water partition coefficient (Wildman–Crippen LogP) is 1.20. The molecule has 0 aliphatic heterocycles. The van der Waals surface area contributed by atoms with Gasteiger partial charge in [-0.25, -0.2) is 4.98 Å². The zero-order valence-electron chi connectivity index (χ0n) is 10.2. The zero-order valence-corrected chi connectivity index (χ0v) is 11.8. The van der Waals surface area contributed by atoms with Crippen LogP contribution in [0.5, 0.6) is 0 Å². The monoisotopic (exact) mass is 271 g/mol. The van der Waals surface area contributed by atoms with Crippen LogP contribution in [-0.4, -0.2) is 32.2 Å². The molecule has 17 heavy (non-hydrogen) atoms. The van der Waals surface area contributed by atoms with Crippen LogP contribution in [0.3, 0.4) is 0 Å². The number of hydrogen-bond acceptors (Lipinski definition) is 4. The second kappa shape index (κ2) is 6.07. The van der Waals surface area contributed by atoms with E-state index in [1.165, 1.54) is 0 Å². The number of aromatic nitrogens is 1. The highest BCUT2D eigenvalue weighted by atomic mass is 32.2. The molecule has 0 saturated carbocycles. The second-order valence-electron chi connectivity index (χ2n) is 4.03. The number of hydrogen-bond donors (Lipinski definition) is 2. The van der Waals surface area contributed by atoms with Gasteiger partial charge in [-0.05, 0) is 26.0 Å². The van der Waals surface area contributed by atoms with E-state index in [-0.39, 0.29) is 6.04 Å².